The zero-order valence-corrected chi connectivity index (χ0v) is 16.2. The number of hydrogen-bond donors (Lipinski definition) is 1. The molecule has 0 spiro atoms. The van der Waals surface area contributed by atoms with Gasteiger partial charge in [-0.05, 0) is 23.3 Å². The number of hydrogen-bond acceptors (Lipinski definition) is 4. The van der Waals surface area contributed by atoms with Gasteiger partial charge in [-0.25, -0.2) is 14.1 Å². The lowest BCUT2D eigenvalue weighted by Gasteiger charge is -2.08. The van der Waals surface area contributed by atoms with Crippen molar-refractivity contribution < 1.29 is 9.18 Å². The van der Waals surface area contributed by atoms with Crippen molar-refractivity contribution in [3.63, 3.8) is 0 Å². The molecule has 0 unspecified atom stereocenters. The van der Waals surface area contributed by atoms with Gasteiger partial charge >= 0.3 is 0 Å². The number of aromatic nitrogens is 4. The van der Waals surface area contributed by atoms with E-state index in [1.165, 1.54) is 29.2 Å². The van der Waals surface area contributed by atoms with Crippen LogP contribution in [0, 0.1) is 5.82 Å². The number of benzene rings is 2. The van der Waals surface area contributed by atoms with Gasteiger partial charge in [0.25, 0.3) is 5.56 Å². The molecule has 4 rings (SSSR count). The van der Waals surface area contributed by atoms with Crippen molar-refractivity contribution >= 4 is 16.9 Å². The first-order valence-electron chi connectivity index (χ1n) is 9.56. The van der Waals surface area contributed by atoms with Crippen molar-refractivity contribution in [1.29, 1.82) is 0 Å². The molecule has 2 heterocycles. The first kappa shape index (κ1) is 19.5. The molecule has 0 saturated carbocycles. The van der Waals surface area contributed by atoms with Crippen LogP contribution in [0.4, 0.5) is 4.39 Å². The molecule has 0 aliphatic heterocycles. The summed E-state index contributed by atoms with van der Waals surface area (Å²) in [4.78, 5) is 29.1. The summed E-state index contributed by atoms with van der Waals surface area (Å²) >= 11 is 0. The van der Waals surface area contributed by atoms with Crippen molar-refractivity contribution in [2.24, 2.45) is 0 Å². The molecule has 2 aromatic carbocycles. The van der Waals surface area contributed by atoms with E-state index in [9.17, 15) is 14.0 Å². The molecule has 8 heteroatoms. The molecular formula is C22H20FN5O2. The van der Waals surface area contributed by atoms with E-state index in [0.29, 0.717) is 37.1 Å². The molecule has 2 aromatic heterocycles. The third-order valence-electron chi connectivity index (χ3n) is 4.74. The minimum atomic E-state index is -0.322. The number of nitrogens with one attached hydrogen (secondary N) is 1. The third-order valence-corrected chi connectivity index (χ3v) is 4.74. The first-order chi connectivity index (χ1) is 14.6. The molecule has 0 aliphatic carbocycles. The number of carbonyl (C=O) groups is 1. The predicted molar refractivity (Wildman–Crippen MR) is 110 cm³/mol. The monoisotopic (exact) mass is 405 g/mol. The molecular weight excluding hydrogens is 385 g/mol. The van der Waals surface area contributed by atoms with Gasteiger partial charge in [0, 0.05) is 6.54 Å². The number of rotatable bonds is 7. The Balaban J connectivity index is 1.40. The molecule has 0 radical (unpaired) electrons. The van der Waals surface area contributed by atoms with Crippen molar-refractivity contribution in [3.8, 4) is 0 Å². The van der Waals surface area contributed by atoms with Crippen LogP contribution in [0.3, 0.4) is 0 Å². The summed E-state index contributed by atoms with van der Waals surface area (Å²) in [6.45, 7) is 1.07. The van der Waals surface area contributed by atoms with E-state index in [2.05, 4.69) is 15.4 Å². The van der Waals surface area contributed by atoms with E-state index in [4.69, 9.17) is 0 Å². The van der Waals surface area contributed by atoms with E-state index >= 15 is 0 Å². The number of nitrogens with zero attached hydrogens (tertiary/aromatic N) is 4. The number of carbonyl (C=O) groups excluding carboxylic acids is 1. The fourth-order valence-electron chi connectivity index (χ4n) is 3.21. The molecule has 1 amide bonds. The first-order valence-corrected chi connectivity index (χ1v) is 9.56. The minimum Gasteiger partial charge on any atom is -0.354 e. The Labute approximate surface area is 171 Å². The smallest absolute Gasteiger partial charge is 0.264 e. The number of amides is 1. The van der Waals surface area contributed by atoms with Crippen LogP contribution in [-0.2, 0) is 24.3 Å². The maximum absolute atomic E-state index is 13.1. The van der Waals surface area contributed by atoms with Crippen LogP contribution in [0.5, 0.6) is 0 Å². The van der Waals surface area contributed by atoms with Crippen molar-refractivity contribution in [2.75, 3.05) is 6.54 Å². The summed E-state index contributed by atoms with van der Waals surface area (Å²) in [6.07, 6.45) is 3.25. The van der Waals surface area contributed by atoms with Crippen molar-refractivity contribution in [2.45, 2.75) is 19.5 Å². The molecule has 0 bridgehead atoms. The highest BCUT2D eigenvalue weighted by Gasteiger charge is 2.11. The molecule has 7 nitrogen and oxygen atoms in total. The molecule has 0 saturated heterocycles. The van der Waals surface area contributed by atoms with Gasteiger partial charge in [0.15, 0.2) is 5.65 Å². The van der Waals surface area contributed by atoms with E-state index in [-0.39, 0.29) is 17.3 Å². The Bertz CT molecular complexity index is 1220. The van der Waals surface area contributed by atoms with E-state index < -0.39 is 0 Å². The Morgan fingerprint density at radius 3 is 2.57 bits per heavy atom. The largest absolute Gasteiger partial charge is 0.354 e. The van der Waals surface area contributed by atoms with Crippen LogP contribution < -0.4 is 10.9 Å². The van der Waals surface area contributed by atoms with Crippen LogP contribution >= 0.6 is 0 Å². The molecule has 152 valence electrons. The van der Waals surface area contributed by atoms with Gasteiger partial charge in [-0.1, -0.05) is 42.5 Å². The second kappa shape index (κ2) is 8.69. The lowest BCUT2D eigenvalue weighted by Crippen LogP contribution is -2.29. The van der Waals surface area contributed by atoms with Gasteiger partial charge in [0.2, 0.25) is 5.91 Å². The van der Waals surface area contributed by atoms with Crippen molar-refractivity contribution in [3.05, 3.63) is 94.4 Å². The van der Waals surface area contributed by atoms with Crippen LogP contribution in [0.2, 0.25) is 0 Å². The van der Waals surface area contributed by atoms with Gasteiger partial charge in [-0.15, -0.1) is 0 Å². The summed E-state index contributed by atoms with van der Waals surface area (Å²) in [5.74, 6) is -0.399. The fraction of sp³-hybridized carbons (Fsp3) is 0.182. The van der Waals surface area contributed by atoms with Crippen LogP contribution in [0.25, 0.3) is 11.0 Å². The van der Waals surface area contributed by atoms with Gasteiger partial charge in [-0.2, -0.15) is 5.10 Å². The second-order valence-corrected chi connectivity index (χ2v) is 6.92. The minimum absolute atomic E-state index is 0.0766. The number of fused-ring (bicyclic) bond motifs is 1. The van der Waals surface area contributed by atoms with Crippen molar-refractivity contribution in [1.82, 2.24) is 24.6 Å². The lowest BCUT2D eigenvalue weighted by atomic mass is 10.1. The van der Waals surface area contributed by atoms with Crippen LogP contribution in [0.1, 0.15) is 11.1 Å². The Morgan fingerprint density at radius 2 is 1.80 bits per heavy atom. The Kier molecular flexibility index (Phi) is 5.65. The third kappa shape index (κ3) is 4.43. The molecule has 0 aliphatic rings. The number of halogens is 1. The van der Waals surface area contributed by atoms with Crippen LogP contribution in [-0.4, -0.2) is 31.8 Å². The highest BCUT2D eigenvalue weighted by molar-refractivity contribution is 5.78. The van der Waals surface area contributed by atoms with E-state index in [1.54, 1.807) is 16.8 Å². The van der Waals surface area contributed by atoms with Gasteiger partial charge in [0.1, 0.15) is 17.5 Å². The average molecular weight is 405 g/mol. The van der Waals surface area contributed by atoms with E-state index in [1.807, 2.05) is 30.3 Å². The quantitative estimate of drug-likeness (QED) is 0.511. The zero-order chi connectivity index (χ0) is 20.9. The predicted octanol–water partition coefficient (Wildman–Crippen LogP) is 2.14. The summed E-state index contributed by atoms with van der Waals surface area (Å²) in [6, 6.07) is 15.5. The molecule has 30 heavy (non-hydrogen) atoms. The fourth-order valence-corrected chi connectivity index (χ4v) is 3.21. The second-order valence-electron chi connectivity index (χ2n) is 6.92. The molecule has 0 atom stereocenters. The maximum Gasteiger partial charge on any atom is 0.264 e. The molecule has 1 N–H and O–H groups in total. The average Bonchev–Trinajstić information content (AvgIpc) is 3.16. The normalized spacial score (nSPS) is 11.0. The van der Waals surface area contributed by atoms with Crippen LogP contribution in [0.15, 0.2) is 71.9 Å². The van der Waals surface area contributed by atoms with E-state index in [0.717, 1.165) is 11.1 Å². The highest BCUT2D eigenvalue weighted by atomic mass is 19.1. The Morgan fingerprint density at radius 1 is 1.03 bits per heavy atom. The highest BCUT2D eigenvalue weighted by Crippen LogP contribution is 2.08. The maximum atomic E-state index is 13.1. The molecule has 4 aromatic rings. The zero-order valence-electron chi connectivity index (χ0n) is 16.2. The SMILES string of the molecule is O=C(Cc1ccccc1)NCCn1ncc2c(=O)n(Cc3ccc(F)cc3)cnc21. The standard InChI is InChI=1S/C22H20FN5O2/c23-18-8-6-17(7-9-18)14-27-15-25-21-19(22(27)30)13-26-28(21)11-10-24-20(29)12-16-4-2-1-3-5-16/h1-9,13,15H,10-12,14H2,(H,24,29). The van der Waals surface area contributed by atoms with Gasteiger partial charge in [-0.3, -0.25) is 14.2 Å². The summed E-state index contributed by atoms with van der Waals surface area (Å²) < 4.78 is 16.1. The summed E-state index contributed by atoms with van der Waals surface area (Å²) in [5.41, 5.74) is 1.99. The van der Waals surface area contributed by atoms with Gasteiger partial charge < -0.3 is 5.32 Å². The summed E-state index contributed by atoms with van der Waals surface area (Å²) in [5, 5.41) is 7.49. The van der Waals surface area contributed by atoms with Gasteiger partial charge in [0.05, 0.1) is 25.7 Å². The Hall–Kier alpha value is -3.81. The molecule has 0 fully saturated rings. The topological polar surface area (TPSA) is 81.8 Å². The lowest BCUT2D eigenvalue weighted by molar-refractivity contribution is -0.120. The summed E-state index contributed by atoms with van der Waals surface area (Å²) in [7, 11) is 0.